The van der Waals surface area contributed by atoms with Gasteiger partial charge in [-0.2, -0.15) is 0 Å². The summed E-state index contributed by atoms with van der Waals surface area (Å²) < 4.78 is 55.2. The second-order valence-corrected chi connectivity index (χ2v) is 23.1. The summed E-state index contributed by atoms with van der Waals surface area (Å²) in [5.41, 5.74) is 1.94. The third kappa shape index (κ3) is 9.92. The maximum absolute atomic E-state index is 13.6. The summed E-state index contributed by atoms with van der Waals surface area (Å²) in [4.78, 5) is 33.5. The predicted octanol–water partition coefficient (Wildman–Crippen LogP) is 6.95. The second kappa shape index (κ2) is 18.1. The number of ether oxygens (including phenoxy) is 8. The molecule has 13 nitrogen and oxygen atoms in total. The minimum Gasteiger partial charge on any atom is -0.450 e. The van der Waals surface area contributed by atoms with E-state index in [-0.39, 0.29) is 24.9 Å². The Morgan fingerprint density at radius 3 is 2.07 bits per heavy atom. The molecule has 4 aliphatic rings. The van der Waals surface area contributed by atoms with E-state index in [2.05, 4.69) is 26.1 Å². The van der Waals surface area contributed by atoms with Crippen molar-refractivity contribution in [2.75, 3.05) is 13.2 Å². The number of nitrogens with one attached hydrogen (secondary N) is 1. The number of alkyl halides is 3. The normalized spacial score (nSPS) is 31.3. The molecule has 17 heteroatoms. The van der Waals surface area contributed by atoms with E-state index in [0.717, 1.165) is 11.1 Å². The number of esters is 1. The van der Waals surface area contributed by atoms with Crippen LogP contribution in [0.4, 0.5) is 0 Å². The monoisotopic (exact) mass is 879 g/mol. The van der Waals surface area contributed by atoms with Crippen molar-refractivity contribution in [3.63, 3.8) is 0 Å². The van der Waals surface area contributed by atoms with Gasteiger partial charge in [0.2, 0.25) is 8.32 Å². The van der Waals surface area contributed by atoms with E-state index in [4.69, 9.17) is 82.2 Å². The minimum atomic E-state index is -2.60. The lowest BCUT2D eigenvalue weighted by Crippen LogP contribution is -2.70. The fourth-order valence-electron chi connectivity index (χ4n) is 6.77. The van der Waals surface area contributed by atoms with Crippen LogP contribution in [-0.2, 0) is 58.8 Å². The molecular formula is C41H48Cl3NO12Si. The number of carbonyl (C=O) groups excluding carboxylic acids is 2. The van der Waals surface area contributed by atoms with Crippen LogP contribution < -0.4 is 5.32 Å². The van der Waals surface area contributed by atoms with Gasteiger partial charge in [-0.25, -0.2) is 9.68 Å². The molecule has 0 aromatic heterocycles. The maximum atomic E-state index is 13.6. The van der Waals surface area contributed by atoms with Crippen LogP contribution in [-0.4, -0.2) is 98.5 Å². The molecule has 1 N–H and O–H groups in total. The first-order valence-corrected chi connectivity index (χ1v) is 23.2. The standard InChI is InChI=1S/C41H48Cl3NO12Si/c1-40(2,3)58(4,5)57-56-32-29(45-39(47)41(42,43)44)37(51-27-22-49-36(54-30(27)32)26-19-13-8-14-20-26)55-31-28-23-50-38(52-28)34(53-35(46)25-17-11-7-12-18-25)33(31)48-21-24-15-9-6-10-16-24/h6-20,27-34,36-38H,21-23H2,1-5H3,(H,45,47)/t27-,28-,29-,30+,31-,32-,33+,34-,36?,37+,38-/m1/s1. The van der Waals surface area contributed by atoms with Gasteiger partial charge in [0.15, 0.2) is 25.0 Å². The fourth-order valence-corrected chi connectivity index (χ4v) is 7.54. The van der Waals surface area contributed by atoms with Gasteiger partial charge in [-0.3, -0.25) is 9.37 Å². The van der Waals surface area contributed by atoms with Gasteiger partial charge in [-0.15, -0.1) is 0 Å². The smallest absolute Gasteiger partial charge is 0.338 e. The molecule has 2 bridgehead atoms. The number of benzene rings is 3. The second-order valence-electron chi connectivity index (χ2n) is 16.1. The van der Waals surface area contributed by atoms with E-state index in [1.54, 1.807) is 30.3 Å². The number of hydrogen-bond acceptors (Lipinski definition) is 12. The van der Waals surface area contributed by atoms with E-state index in [0.29, 0.717) is 5.56 Å². The molecule has 0 radical (unpaired) electrons. The van der Waals surface area contributed by atoms with Crippen LogP contribution in [0.2, 0.25) is 18.1 Å². The van der Waals surface area contributed by atoms with E-state index in [1.807, 2.05) is 73.8 Å². The Hall–Kier alpha value is -2.67. The van der Waals surface area contributed by atoms with Gasteiger partial charge >= 0.3 is 5.97 Å². The highest BCUT2D eigenvalue weighted by Crippen LogP contribution is 2.42. The van der Waals surface area contributed by atoms with Gasteiger partial charge in [-0.05, 0) is 35.8 Å². The largest absolute Gasteiger partial charge is 0.450 e. The molecule has 4 aliphatic heterocycles. The van der Waals surface area contributed by atoms with Crippen molar-refractivity contribution < 1.29 is 56.9 Å². The zero-order chi connectivity index (χ0) is 41.2. The van der Waals surface area contributed by atoms with Gasteiger partial charge in [-0.1, -0.05) is 134 Å². The molecule has 0 saturated carbocycles. The molecule has 314 valence electrons. The van der Waals surface area contributed by atoms with Crippen LogP contribution in [0.25, 0.3) is 0 Å². The molecule has 4 saturated heterocycles. The number of amides is 1. The van der Waals surface area contributed by atoms with Crippen LogP contribution in [0.5, 0.6) is 0 Å². The maximum Gasteiger partial charge on any atom is 0.338 e. The number of hydrogen-bond donors (Lipinski definition) is 1. The number of carbonyl (C=O) groups is 2. The van der Waals surface area contributed by atoms with Crippen molar-refractivity contribution in [2.24, 2.45) is 0 Å². The molecule has 0 spiro atoms. The molecule has 3 aromatic carbocycles. The molecule has 0 aliphatic carbocycles. The van der Waals surface area contributed by atoms with E-state index < -0.39 is 91.6 Å². The van der Waals surface area contributed by atoms with Crippen molar-refractivity contribution in [3.8, 4) is 0 Å². The van der Waals surface area contributed by atoms with Crippen LogP contribution in [0.3, 0.4) is 0 Å². The van der Waals surface area contributed by atoms with Gasteiger partial charge in [0.25, 0.3) is 9.70 Å². The Morgan fingerprint density at radius 2 is 1.41 bits per heavy atom. The van der Waals surface area contributed by atoms with Crippen molar-refractivity contribution >= 4 is 55.0 Å². The van der Waals surface area contributed by atoms with Crippen molar-refractivity contribution in [1.29, 1.82) is 0 Å². The molecular weight excluding hydrogens is 833 g/mol. The van der Waals surface area contributed by atoms with E-state index >= 15 is 0 Å². The van der Waals surface area contributed by atoms with Gasteiger partial charge in [0.1, 0.15) is 42.7 Å². The molecule has 4 fully saturated rings. The Bertz CT molecular complexity index is 1840. The molecule has 1 amide bonds. The summed E-state index contributed by atoms with van der Waals surface area (Å²) in [6, 6.07) is 26.2. The minimum absolute atomic E-state index is 0.0518. The van der Waals surface area contributed by atoms with Gasteiger partial charge in [0.05, 0.1) is 25.4 Å². The molecule has 1 unspecified atom stereocenters. The summed E-state index contributed by atoms with van der Waals surface area (Å²) in [6.45, 7) is 10.5. The first kappa shape index (κ1) is 43.4. The first-order chi connectivity index (χ1) is 27.6. The predicted molar refractivity (Wildman–Crippen MR) is 214 cm³/mol. The molecule has 11 atom stereocenters. The van der Waals surface area contributed by atoms with Crippen LogP contribution in [0.1, 0.15) is 48.5 Å². The topological polar surface area (TPSA) is 138 Å². The van der Waals surface area contributed by atoms with Crippen molar-refractivity contribution in [3.05, 3.63) is 108 Å². The SMILES string of the molecule is CC(C)(C)[Si](C)(C)OO[C@@H]1[C@@H](NC(=O)C(Cl)(Cl)Cl)[C@H](O[C@H]2[C@H](OCc3ccccc3)[C@@H](OC(=O)c3ccccc3)[C@@H]3OC[C@H]2O3)O[C@@H]2COC(c3ccccc3)O[C@H]12. The van der Waals surface area contributed by atoms with Crippen LogP contribution in [0.15, 0.2) is 91.0 Å². The summed E-state index contributed by atoms with van der Waals surface area (Å²) in [5, 5.41) is 2.54. The van der Waals surface area contributed by atoms with Crippen LogP contribution in [0, 0.1) is 0 Å². The Labute approximate surface area is 353 Å². The zero-order valence-corrected chi connectivity index (χ0v) is 35.9. The lowest BCUT2D eigenvalue weighted by atomic mass is 9.94. The number of halogens is 3. The Kier molecular flexibility index (Phi) is 13.6. The number of rotatable bonds is 12. The lowest BCUT2D eigenvalue weighted by molar-refractivity contribution is -0.397. The highest BCUT2D eigenvalue weighted by atomic mass is 35.6. The van der Waals surface area contributed by atoms with E-state index in [9.17, 15) is 9.59 Å². The highest BCUT2D eigenvalue weighted by molar-refractivity contribution is 6.76. The number of fused-ring (bicyclic) bond motifs is 3. The Morgan fingerprint density at radius 1 is 0.776 bits per heavy atom. The summed E-state index contributed by atoms with van der Waals surface area (Å²) in [7, 11) is -2.60. The third-order valence-electron chi connectivity index (χ3n) is 11.0. The van der Waals surface area contributed by atoms with Crippen molar-refractivity contribution in [2.45, 2.75) is 117 Å². The fraction of sp³-hybridized carbons (Fsp3) is 0.512. The van der Waals surface area contributed by atoms with Gasteiger partial charge < -0.3 is 43.2 Å². The van der Waals surface area contributed by atoms with Gasteiger partial charge in [0, 0.05) is 5.56 Å². The molecule has 3 aromatic rings. The molecule has 4 heterocycles. The average molecular weight is 881 g/mol. The first-order valence-electron chi connectivity index (χ1n) is 19.1. The lowest BCUT2D eigenvalue weighted by Gasteiger charge is -2.51. The summed E-state index contributed by atoms with van der Waals surface area (Å²) in [5.74, 6) is -1.58. The van der Waals surface area contributed by atoms with Crippen LogP contribution >= 0.6 is 34.8 Å². The summed E-state index contributed by atoms with van der Waals surface area (Å²) >= 11 is 18.4. The average Bonchev–Trinajstić information content (AvgIpc) is 3.64. The third-order valence-corrected chi connectivity index (χ3v) is 15.6. The Balaban J connectivity index is 1.24. The quantitative estimate of drug-likeness (QED) is 0.0663. The molecule has 58 heavy (non-hydrogen) atoms. The highest BCUT2D eigenvalue weighted by Gasteiger charge is 2.59. The zero-order valence-electron chi connectivity index (χ0n) is 32.7. The summed E-state index contributed by atoms with van der Waals surface area (Å²) in [6.07, 6.45) is -9.66. The van der Waals surface area contributed by atoms with Crippen molar-refractivity contribution in [1.82, 2.24) is 5.32 Å². The molecule has 7 rings (SSSR count). The van der Waals surface area contributed by atoms with E-state index in [1.165, 1.54) is 0 Å².